The highest BCUT2D eigenvalue weighted by Crippen LogP contribution is 2.31. The zero-order valence-corrected chi connectivity index (χ0v) is 13.2. The first-order chi connectivity index (χ1) is 10.8. The maximum absolute atomic E-state index is 12.1. The Labute approximate surface area is 130 Å². The second kappa shape index (κ2) is 6.95. The lowest BCUT2D eigenvalue weighted by Gasteiger charge is -2.24. The monoisotopic (exact) mass is 300 g/mol. The van der Waals surface area contributed by atoms with Crippen LogP contribution in [0.4, 0.5) is 0 Å². The van der Waals surface area contributed by atoms with Gasteiger partial charge in [0.1, 0.15) is 11.4 Å². The van der Waals surface area contributed by atoms with Crippen LogP contribution in [-0.2, 0) is 6.42 Å². The van der Waals surface area contributed by atoms with Gasteiger partial charge in [-0.25, -0.2) is 4.98 Å². The van der Waals surface area contributed by atoms with Gasteiger partial charge in [0.05, 0.1) is 18.1 Å². The topological polar surface area (TPSA) is 55.0 Å². The average Bonchev–Trinajstić information content (AvgIpc) is 2.48. The standard InChI is InChI=1S/C18H24N2O2/c1-22-14-10-11-15-17(12-14)20-18(21)16(19-15)9-4-2-3-6-13-7-5-8-13/h10-13H,2-9H2,1H3,(H,20,21). The van der Waals surface area contributed by atoms with E-state index in [2.05, 4.69) is 9.97 Å². The van der Waals surface area contributed by atoms with Crippen LogP contribution in [-0.4, -0.2) is 17.1 Å². The summed E-state index contributed by atoms with van der Waals surface area (Å²) >= 11 is 0. The summed E-state index contributed by atoms with van der Waals surface area (Å²) in [5.41, 5.74) is 2.14. The van der Waals surface area contributed by atoms with Crippen molar-refractivity contribution in [1.29, 1.82) is 0 Å². The van der Waals surface area contributed by atoms with Crippen LogP contribution in [0.25, 0.3) is 11.0 Å². The number of hydrogen-bond donors (Lipinski definition) is 1. The first-order valence-corrected chi connectivity index (χ1v) is 8.33. The number of aryl methyl sites for hydroxylation is 1. The molecule has 0 amide bonds. The van der Waals surface area contributed by atoms with Crippen LogP contribution in [0.1, 0.15) is 50.6 Å². The van der Waals surface area contributed by atoms with Crippen LogP contribution in [0.15, 0.2) is 23.0 Å². The Hall–Kier alpha value is -1.84. The lowest BCUT2D eigenvalue weighted by molar-refractivity contribution is 0.286. The highest BCUT2D eigenvalue weighted by molar-refractivity contribution is 5.75. The molecule has 1 heterocycles. The predicted octanol–water partition coefficient (Wildman–Crippen LogP) is 3.83. The summed E-state index contributed by atoms with van der Waals surface area (Å²) in [5.74, 6) is 1.71. The normalized spacial score (nSPS) is 15.0. The van der Waals surface area contributed by atoms with E-state index < -0.39 is 0 Å². The lowest BCUT2D eigenvalue weighted by Crippen LogP contribution is -2.15. The lowest BCUT2D eigenvalue weighted by atomic mass is 9.81. The quantitative estimate of drug-likeness (QED) is 0.791. The van der Waals surface area contributed by atoms with Crippen LogP contribution in [0, 0.1) is 5.92 Å². The fourth-order valence-electron chi connectivity index (χ4n) is 3.08. The van der Waals surface area contributed by atoms with E-state index in [1.54, 1.807) is 7.11 Å². The molecule has 1 aliphatic rings. The van der Waals surface area contributed by atoms with Gasteiger partial charge < -0.3 is 9.72 Å². The third-order valence-electron chi connectivity index (χ3n) is 4.72. The number of nitrogens with zero attached hydrogens (tertiary/aromatic N) is 1. The van der Waals surface area contributed by atoms with Gasteiger partial charge in [-0.1, -0.05) is 38.5 Å². The minimum absolute atomic E-state index is 0.0697. The first-order valence-electron chi connectivity index (χ1n) is 8.33. The molecule has 0 radical (unpaired) electrons. The highest BCUT2D eigenvalue weighted by atomic mass is 16.5. The van der Waals surface area contributed by atoms with Crippen LogP contribution in [0.3, 0.4) is 0 Å². The SMILES string of the molecule is COc1ccc2nc(CCCCCC3CCC3)c(=O)[nH]c2c1. The van der Waals surface area contributed by atoms with Crippen molar-refractivity contribution in [3.8, 4) is 5.75 Å². The molecule has 4 heteroatoms. The van der Waals surface area contributed by atoms with Crippen LogP contribution in [0.2, 0.25) is 0 Å². The Morgan fingerprint density at radius 1 is 1.27 bits per heavy atom. The van der Waals surface area contributed by atoms with E-state index in [4.69, 9.17) is 4.74 Å². The van der Waals surface area contributed by atoms with Crippen molar-refractivity contribution in [2.24, 2.45) is 5.92 Å². The molecule has 1 aromatic carbocycles. The second-order valence-corrected chi connectivity index (χ2v) is 6.29. The summed E-state index contributed by atoms with van der Waals surface area (Å²) in [7, 11) is 1.62. The van der Waals surface area contributed by atoms with Crippen LogP contribution >= 0.6 is 0 Å². The Kier molecular flexibility index (Phi) is 4.76. The predicted molar refractivity (Wildman–Crippen MR) is 88.4 cm³/mol. The van der Waals surface area contributed by atoms with Gasteiger partial charge in [0.25, 0.3) is 5.56 Å². The summed E-state index contributed by atoms with van der Waals surface area (Å²) < 4.78 is 5.17. The summed E-state index contributed by atoms with van der Waals surface area (Å²) in [6, 6.07) is 5.58. The molecule has 1 saturated carbocycles. The molecule has 1 fully saturated rings. The minimum Gasteiger partial charge on any atom is -0.497 e. The molecule has 0 unspecified atom stereocenters. The molecule has 2 aromatic rings. The molecule has 0 aliphatic heterocycles. The van der Waals surface area contributed by atoms with Crippen molar-refractivity contribution in [1.82, 2.24) is 9.97 Å². The minimum atomic E-state index is -0.0697. The summed E-state index contributed by atoms with van der Waals surface area (Å²) in [5, 5.41) is 0. The van der Waals surface area contributed by atoms with E-state index >= 15 is 0 Å². The maximum Gasteiger partial charge on any atom is 0.270 e. The Bertz CT molecular complexity index is 689. The van der Waals surface area contributed by atoms with Crippen LogP contribution < -0.4 is 10.3 Å². The van der Waals surface area contributed by atoms with Gasteiger partial charge >= 0.3 is 0 Å². The summed E-state index contributed by atoms with van der Waals surface area (Å²) in [4.78, 5) is 19.5. The van der Waals surface area contributed by atoms with Crippen molar-refractivity contribution in [3.05, 3.63) is 34.2 Å². The van der Waals surface area contributed by atoms with Crippen LogP contribution in [0.5, 0.6) is 5.75 Å². The van der Waals surface area contributed by atoms with Crippen molar-refractivity contribution >= 4 is 11.0 Å². The summed E-state index contributed by atoms with van der Waals surface area (Å²) in [6.45, 7) is 0. The van der Waals surface area contributed by atoms with Crippen molar-refractivity contribution in [2.45, 2.75) is 51.4 Å². The fourth-order valence-corrected chi connectivity index (χ4v) is 3.08. The number of methoxy groups -OCH3 is 1. The second-order valence-electron chi connectivity index (χ2n) is 6.29. The van der Waals surface area contributed by atoms with Gasteiger partial charge in [0, 0.05) is 6.07 Å². The molecule has 22 heavy (non-hydrogen) atoms. The molecule has 1 N–H and O–H groups in total. The van der Waals surface area contributed by atoms with Gasteiger partial charge in [-0.15, -0.1) is 0 Å². The summed E-state index contributed by atoms with van der Waals surface area (Å²) in [6.07, 6.45) is 9.93. The number of fused-ring (bicyclic) bond motifs is 1. The maximum atomic E-state index is 12.1. The smallest absolute Gasteiger partial charge is 0.270 e. The number of ether oxygens (including phenoxy) is 1. The Morgan fingerprint density at radius 3 is 2.86 bits per heavy atom. The molecule has 0 spiro atoms. The molecular weight excluding hydrogens is 276 g/mol. The highest BCUT2D eigenvalue weighted by Gasteiger charge is 2.16. The molecule has 0 saturated heterocycles. The average molecular weight is 300 g/mol. The number of aromatic amines is 1. The van der Waals surface area contributed by atoms with Crippen molar-refractivity contribution in [2.75, 3.05) is 7.11 Å². The number of H-pyrrole nitrogens is 1. The van der Waals surface area contributed by atoms with E-state index in [1.807, 2.05) is 18.2 Å². The number of rotatable bonds is 7. The van der Waals surface area contributed by atoms with E-state index in [1.165, 1.54) is 38.5 Å². The fraction of sp³-hybridized carbons (Fsp3) is 0.556. The molecule has 118 valence electrons. The molecule has 1 aliphatic carbocycles. The third-order valence-corrected chi connectivity index (χ3v) is 4.72. The van der Waals surface area contributed by atoms with E-state index in [0.717, 1.165) is 35.5 Å². The molecule has 0 bridgehead atoms. The van der Waals surface area contributed by atoms with E-state index in [0.29, 0.717) is 5.69 Å². The van der Waals surface area contributed by atoms with Gasteiger partial charge in [-0.05, 0) is 30.9 Å². The Morgan fingerprint density at radius 2 is 2.14 bits per heavy atom. The molecule has 3 rings (SSSR count). The molecule has 0 atom stereocenters. The number of nitrogens with one attached hydrogen (secondary N) is 1. The van der Waals surface area contributed by atoms with Gasteiger partial charge in [0.2, 0.25) is 0 Å². The number of hydrogen-bond acceptors (Lipinski definition) is 3. The van der Waals surface area contributed by atoms with Gasteiger partial charge in [-0.2, -0.15) is 0 Å². The number of benzene rings is 1. The molecule has 4 nitrogen and oxygen atoms in total. The number of aromatic nitrogens is 2. The van der Waals surface area contributed by atoms with E-state index in [-0.39, 0.29) is 5.56 Å². The van der Waals surface area contributed by atoms with E-state index in [9.17, 15) is 4.79 Å². The molecule has 1 aromatic heterocycles. The van der Waals surface area contributed by atoms with Gasteiger partial charge in [-0.3, -0.25) is 4.79 Å². The first kappa shape index (κ1) is 15.1. The third kappa shape index (κ3) is 3.49. The zero-order chi connectivity index (χ0) is 15.4. The van der Waals surface area contributed by atoms with Crippen molar-refractivity contribution in [3.63, 3.8) is 0 Å². The van der Waals surface area contributed by atoms with Crippen molar-refractivity contribution < 1.29 is 4.74 Å². The zero-order valence-electron chi connectivity index (χ0n) is 13.2. The molecular formula is C18H24N2O2. The Balaban J connectivity index is 1.58. The number of unbranched alkanes of at least 4 members (excludes halogenated alkanes) is 2. The largest absolute Gasteiger partial charge is 0.497 e. The van der Waals surface area contributed by atoms with Gasteiger partial charge in [0.15, 0.2) is 0 Å².